The highest BCUT2D eigenvalue weighted by molar-refractivity contribution is 14.1. The van der Waals surface area contributed by atoms with Crippen molar-refractivity contribution in [2.24, 2.45) is 0 Å². The highest BCUT2D eigenvalue weighted by Gasteiger charge is 2.10. The summed E-state index contributed by atoms with van der Waals surface area (Å²) in [5.41, 5.74) is 1.07. The first-order chi connectivity index (χ1) is 9.52. The highest BCUT2D eigenvalue weighted by atomic mass is 127. The van der Waals surface area contributed by atoms with E-state index < -0.39 is 11.6 Å². The average molecular weight is 387 g/mol. The minimum atomic E-state index is -0.666. The molecule has 0 saturated carbocycles. The van der Waals surface area contributed by atoms with E-state index in [0.29, 0.717) is 16.7 Å². The van der Waals surface area contributed by atoms with E-state index in [1.54, 1.807) is 12.3 Å². The van der Waals surface area contributed by atoms with E-state index in [1.165, 1.54) is 16.7 Å². The van der Waals surface area contributed by atoms with Crippen LogP contribution in [-0.4, -0.2) is 14.5 Å². The van der Waals surface area contributed by atoms with Gasteiger partial charge in [-0.3, -0.25) is 9.55 Å². The fourth-order valence-electron chi connectivity index (χ4n) is 2.05. The van der Waals surface area contributed by atoms with Gasteiger partial charge in [-0.2, -0.15) is 0 Å². The number of H-pyrrole nitrogens is 1. The van der Waals surface area contributed by atoms with Gasteiger partial charge in [0.1, 0.15) is 11.6 Å². The first kappa shape index (κ1) is 13.2. The monoisotopic (exact) mass is 387 g/mol. The number of halogens is 3. The Morgan fingerprint density at radius 2 is 1.90 bits per heavy atom. The van der Waals surface area contributed by atoms with Crippen LogP contribution >= 0.6 is 22.6 Å². The van der Waals surface area contributed by atoms with Gasteiger partial charge in [0.05, 0.1) is 12.1 Å². The number of nitrogens with zero attached hydrogens (tertiary/aromatic N) is 2. The zero-order valence-electron chi connectivity index (χ0n) is 10.0. The predicted molar refractivity (Wildman–Crippen MR) is 78.5 cm³/mol. The van der Waals surface area contributed by atoms with Crippen molar-refractivity contribution in [2.75, 3.05) is 0 Å². The van der Waals surface area contributed by atoms with Gasteiger partial charge in [0.25, 0.3) is 0 Å². The summed E-state index contributed by atoms with van der Waals surface area (Å²) in [6.07, 6.45) is 1.63. The molecule has 3 aromatic rings. The van der Waals surface area contributed by atoms with Crippen LogP contribution in [0.5, 0.6) is 0 Å². The van der Waals surface area contributed by atoms with Gasteiger partial charge in [-0.1, -0.05) is 0 Å². The molecule has 0 aliphatic heterocycles. The Balaban J connectivity index is 2.12. The van der Waals surface area contributed by atoms with Crippen molar-refractivity contribution in [3.8, 4) is 0 Å². The van der Waals surface area contributed by atoms with E-state index in [0.717, 1.165) is 9.64 Å². The summed E-state index contributed by atoms with van der Waals surface area (Å²) in [6.45, 7) is 0.0787. The Bertz CT molecular complexity index is 836. The number of imidazole rings is 1. The minimum Gasteiger partial charge on any atom is -0.290 e. The van der Waals surface area contributed by atoms with Gasteiger partial charge in [0.2, 0.25) is 0 Å². The number of benzene rings is 1. The lowest BCUT2D eigenvalue weighted by molar-refractivity contribution is 0.577. The molecule has 0 unspecified atom stereocenters. The van der Waals surface area contributed by atoms with Crippen LogP contribution < -0.4 is 5.69 Å². The van der Waals surface area contributed by atoms with Crippen molar-refractivity contribution in [3.05, 3.63) is 61.7 Å². The molecule has 3 rings (SSSR count). The Morgan fingerprint density at radius 1 is 1.20 bits per heavy atom. The Morgan fingerprint density at radius 3 is 2.60 bits per heavy atom. The van der Waals surface area contributed by atoms with Gasteiger partial charge >= 0.3 is 5.69 Å². The molecule has 7 heteroatoms. The van der Waals surface area contributed by atoms with Crippen LogP contribution in [0, 0.1) is 15.2 Å². The van der Waals surface area contributed by atoms with Gasteiger partial charge in [-0.15, -0.1) is 0 Å². The molecule has 0 radical (unpaired) electrons. The highest BCUT2D eigenvalue weighted by Crippen LogP contribution is 2.14. The van der Waals surface area contributed by atoms with Crippen LogP contribution in [-0.2, 0) is 6.54 Å². The number of aromatic amines is 1. The average Bonchev–Trinajstić information content (AvgIpc) is 2.65. The smallest absolute Gasteiger partial charge is 0.290 e. The fraction of sp³-hybridized carbons (Fsp3) is 0.0769. The number of pyridine rings is 1. The molecule has 0 aliphatic rings. The number of hydrogen-bond acceptors (Lipinski definition) is 2. The van der Waals surface area contributed by atoms with E-state index >= 15 is 0 Å². The normalized spacial score (nSPS) is 11.2. The molecule has 0 atom stereocenters. The molecule has 20 heavy (non-hydrogen) atoms. The van der Waals surface area contributed by atoms with E-state index in [-0.39, 0.29) is 12.2 Å². The molecular weight excluding hydrogens is 379 g/mol. The van der Waals surface area contributed by atoms with Crippen LogP contribution in [0.1, 0.15) is 5.56 Å². The summed E-state index contributed by atoms with van der Waals surface area (Å²) in [5, 5.41) is 0. The third kappa shape index (κ3) is 2.45. The van der Waals surface area contributed by atoms with Crippen LogP contribution in [0.15, 0.2) is 35.3 Å². The second kappa shape index (κ2) is 4.97. The van der Waals surface area contributed by atoms with Crippen molar-refractivity contribution < 1.29 is 8.78 Å². The first-order valence-electron chi connectivity index (χ1n) is 5.72. The number of aromatic nitrogens is 3. The van der Waals surface area contributed by atoms with Gasteiger partial charge in [0, 0.05) is 15.8 Å². The van der Waals surface area contributed by atoms with Crippen molar-refractivity contribution in [3.63, 3.8) is 0 Å². The van der Waals surface area contributed by atoms with E-state index in [9.17, 15) is 13.6 Å². The minimum absolute atomic E-state index is 0.0787. The second-order valence-electron chi connectivity index (χ2n) is 4.32. The molecule has 2 heterocycles. The van der Waals surface area contributed by atoms with Gasteiger partial charge in [-0.05, 0) is 46.4 Å². The van der Waals surface area contributed by atoms with Crippen molar-refractivity contribution in [1.82, 2.24) is 14.5 Å². The topological polar surface area (TPSA) is 50.7 Å². The largest absolute Gasteiger partial charge is 0.327 e. The van der Waals surface area contributed by atoms with Crippen LogP contribution in [0.2, 0.25) is 0 Å². The molecule has 0 aliphatic carbocycles. The van der Waals surface area contributed by atoms with Gasteiger partial charge < -0.3 is 0 Å². The summed E-state index contributed by atoms with van der Waals surface area (Å²) in [4.78, 5) is 18.6. The Hall–Kier alpha value is -1.77. The molecule has 0 bridgehead atoms. The zero-order chi connectivity index (χ0) is 14.3. The lowest BCUT2D eigenvalue weighted by Gasteiger charge is -2.04. The van der Waals surface area contributed by atoms with Crippen LogP contribution in [0.3, 0.4) is 0 Å². The third-order valence-electron chi connectivity index (χ3n) is 2.86. The Kier molecular flexibility index (Phi) is 3.28. The van der Waals surface area contributed by atoms with Crippen LogP contribution in [0.25, 0.3) is 11.2 Å². The van der Waals surface area contributed by atoms with Crippen molar-refractivity contribution in [1.29, 1.82) is 0 Å². The molecule has 2 aromatic heterocycles. The van der Waals surface area contributed by atoms with Crippen molar-refractivity contribution >= 4 is 33.8 Å². The van der Waals surface area contributed by atoms with Crippen LogP contribution in [0.4, 0.5) is 8.78 Å². The van der Waals surface area contributed by atoms with E-state index in [4.69, 9.17) is 0 Å². The molecule has 102 valence electrons. The third-order valence-corrected chi connectivity index (χ3v) is 3.45. The molecule has 1 aromatic carbocycles. The predicted octanol–water partition coefficient (Wildman–Crippen LogP) is 2.66. The summed E-state index contributed by atoms with van der Waals surface area (Å²) >= 11 is 2.08. The molecular formula is C13H8F2IN3O. The number of hydrogen-bond donors (Lipinski definition) is 1. The SMILES string of the molecule is O=c1[nH]c2ncc(I)cc2n1Cc1cc(F)cc(F)c1. The molecule has 4 nitrogen and oxygen atoms in total. The quantitative estimate of drug-likeness (QED) is 0.688. The maximum Gasteiger partial charge on any atom is 0.327 e. The number of rotatable bonds is 2. The zero-order valence-corrected chi connectivity index (χ0v) is 12.2. The number of fused-ring (bicyclic) bond motifs is 1. The maximum absolute atomic E-state index is 13.2. The van der Waals surface area contributed by atoms with Gasteiger partial charge in [0.15, 0.2) is 5.65 Å². The van der Waals surface area contributed by atoms with Gasteiger partial charge in [-0.25, -0.2) is 18.6 Å². The summed E-state index contributed by atoms with van der Waals surface area (Å²) in [6, 6.07) is 4.99. The summed E-state index contributed by atoms with van der Waals surface area (Å²) in [7, 11) is 0. The molecule has 0 amide bonds. The first-order valence-corrected chi connectivity index (χ1v) is 6.80. The Labute approximate surface area is 125 Å². The summed E-state index contributed by atoms with van der Waals surface area (Å²) in [5.74, 6) is -1.33. The standard InChI is InChI=1S/C13H8F2IN3O/c14-8-1-7(2-9(15)3-8)6-19-11-4-10(16)5-17-12(11)18-13(19)20/h1-5H,6H2,(H,17,18,20). The molecule has 0 saturated heterocycles. The molecule has 1 N–H and O–H groups in total. The van der Waals surface area contributed by atoms with Crippen molar-refractivity contribution in [2.45, 2.75) is 6.54 Å². The second-order valence-corrected chi connectivity index (χ2v) is 5.56. The fourth-order valence-corrected chi connectivity index (χ4v) is 2.48. The molecule has 0 fully saturated rings. The molecule has 0 spiro atoms. The summed E-state index contributed by atoms with van der Waals surface area (Å²) < 4.78 is 28.6. The number of nitrogens with one attached hydrogen (secondary N) is 1. The maximum atomic E-state index is 13.2. The van der Waals surface area contributed by atoms with E-state index in [1.807, 2.05) is 0 Å². The lowest BCUT2D eigenvalue weighted by atomic mass is 10.2. The van der Waals surface area contributed by atoms with E-state index in [2.05, 4.69) is 32.6 Å². The lowest BCUT2D eigenvalue weighted by Crippen LogP contribution is -2.17.